The first-order valence-electron chi connectivity index (χ1n) is 9.97. The normalized spacial score (nSPS) is 14.8. The highest BCUT2D eigenvalue weighted by Gasteiger charge is 2.26. The van der Waals surface area contributed by atoms with Gasteiger partial charge in [0.25, 0.3) is 0 Å². The van der Waals surface area contributed by atoms with Crippen LogP contribution in [0.3, 0.4) is 0 Å². The maximum Gasteiger partial charge on any atom is 0.227 e. The van der Waals surface area contributed by atoms with Gasteiger partial charge in [-0.15, -0.1) is 0 Å². The van der Waals surface area contributed by atoms with Gasteiger partial charge in [-0.3, -0.25) is 9.36 Å². The van der Waals surface area contributed by atoms with Crippen LogP contribution in [0.2, 0.25) is 0 Å². The first-order valence-corrected chi connectivity index (χ1v) is 9.97. The molecule has 1 fully saturated rings. The number of nitrogens with zero attached hydrogens (tertiary/aromatic N) is 5. The number of piperidine rings is 1. The van der Waals surface area contributed by atoms with Crippen molar-refractivity contribution in [1.29, 1.82) is 0 Å². The zero-order valence-electron chi connectivity index (χ0n) is 17.1. The lowest BCUT2D eigenvalue weighted by molar-refractivity contribution is -0.120. The Hall–Kier alpha value is -3.22. The van der Waals surface area contributed by atoms with Crippen LogP contribution in [0.25, 0.3) is 5.82 Å². The van der Waals surface area contributed by atoms with Crippen LogP contribution in [0, 0.1) is 26.7 Å². The summed E-state index contributed by atoms with van der Waals surface area (Å²) in [4.78, 5) is 28.0. The van der Waals surface area contributed by atoms with Crippen LogP contribution in [-0.4, -0.2) is 38.5 Å². The molecule has 1 N–H and O–H groups in total. The van der Waals surface area contributed by atoms with Gasteiger partial charge in [-0.1, -0.05) is 12.1 Å². The molecule has 0 radical (unpaired) electrons. The van der Waals surface area contributed by atoms with Crippen molar-refractivity contribution in [3.8, 4) is 5.82 Å². The molecule has 0 spiro atoms. The fourth-order valence-electron chi connectivity index (χ4n) is 3.75. The largest absolute Gasteiger partial charge is 0.356 e. The van der Waals surface area contributed by atoms with Crippen molar-refractivity contribution < 1.29 is 4.79 Å². The molecule has 1 saturated heterocycles. The van der Waals surface area contributed by atoms with E-state index in [-0.39, 0.29) is 11.8 Å². The zero-order chi connectivity index (χ0) is 20.4. The van der Waals surface area contributed by atoms with Crippen LogP contribution < -0.4 is 10.2 Å². The molecule has 1 aromatic carbocycles. The number of hydrogen-bond donors (Lipinski definition) is 1. The third kappa shape index (κ3) is 3.99. The summed E-state index contributed by atoms with van der Waals surface area (Å²) < 4.78 is 1.94. The summed E-state index contributed by atoms with van der Waals surface area (Å²) in [6.45, 7) is 7.64. The Labute approximate surface area is 170 Å². The van der Waals surface area contributed by atoms with Crippen LogP contribution in [0.4, 0.5) is 11.5 Å². The fourth-order valence-corrected chi connectivity index (χ4v) is 3.75. The number of imidazole rings is 1. The van der Waals surface area contributed by atoms with E-state index in [1.54, 1.807) is 12.5 Å². The molecule has 4 rings (SSSR count). The van der Waals surface area contributed by atoms with Crippen LogP contribution >= 0.6 is 0 Å². The Morgan fingerprint density at radius 2 is 1.83 bits per heavy atom. The summed E-state index contributed by atoms with van der Waals surface area (Å²) in [5, 5.41) is 3.12. The molecule has 1 aliphatic rings. The van der Waals surface area contributed by atoms with Gasteiger partial charge in [0.1, 0.15) is 23.8 Å². The fraction of sp³-hybridized carbons (Fsp3) is 0.364. The summed E-state index contributed by atoms with van der Waals surface area (Å²) in [5.74, 6) is 2.70. The van der Waals surface area contributed by atoms with Crippen molar-refractivity contribution in [1.82, 2.24) is 19.5 Å². The second-order valence-corrected chi connectivity index (χ2v) is 7.58. The van der Waals surface area contributed by atoms with E-state index in [4.69, 9.17) is 0 Å². The summed E-state index contributed by atoms with van der Waals surface area (Å²) in [6.07, 6.45) is 6.85. The van der Waals surface area contributed by atoms with Crippen molar-refractivity contribution in [2.45, 2.75) is 33.6 Å². The molecule has 1 aliphatic heterocycles. The minimum absolute atomic E-state index is 0.0170. The van der Waals surface area contributed by atoms with Gasteiger partial charge in [0.2, 0.25) is 5.91 Å². The summed E-state index contributed by atoms with van der Waals surface area (Å²) in [7, 11) is 0. The minimum Gasteiger partial charge on any atom is -0.356 e. The number of carbonyl (C=O) groups is 1. The van der Waals surface area contributed by atoms with Gasteiger partial charge in [0.15, 0.2) is 0 Å². The second kappa shape index (κ2) is 8.03. The minimum atomic E-state index is 0.0170. The molecular weight excluding hydrogens is 364 g/mol. The molecule has 3 aromatic rings. The number of nitrogens with one attached hydrogen (secondary N) is 1. The highest BCUT2D eigenvalue weighted by molar-refractivity contribution is 5.93. The molecule has 150 valence electrons. The van der Waals surface area contributed by atoms with E-state index in [0.717, 1.165) is 54.6 Å². The number of carbonyl (C=O) groups excluding carboxylic acids is 1. The van der Waals surface area contributed by atoms with Gasteiger partial charge in [0, 0.05) is 43.2 Å². The number of amides is 1. The number of rotatable bonds is 4. The molecular formula is C22H26N6O. The first kappa shape index (κ1) is 19.1. The lowest BCUT2D eigenvalue weighted by atomic mass is 9.95. The lowest BCUT2D eigenvalue weighted by Gasteiger charge is -2.32. The van der Waals surface area contributed by atoms with E-state index < -0.39 is 0 Å². The molecule has 3 heterocycles. The molecule has 7 nitrogen and oxygen atoms in total. The van der Waals surface area contributed by atoms with Crippen molar-refractivity contribution in [2.24, 2.45) is 5.92 Å². The number of hydrogen-bond acceptors (Lipinski definition) is 5. The van der Waals surface area contributed by atoms with Crippen molar-refractivity contribution >= 4 is 17.4 Å². The first-order chi connectivity index (χ1) is 14.0. The van der Waals surface area contributed by atoms with E-state index in [0.29, 0.717) is 0 Å². The van der Waals surface area contributed by atoms with Crippen LogP contribution in [-0.2, 0) is 4.79 Å². The lowest BCUT2D eigenvalue weighted by Crippen LogP contribution is -2.38. The van der Waals surface area contributed by atoms with E-state index >= 15 is 0 Å². The maximum atomic E-state index is 12.8. The Morgan fingerprint density at radius 1 is 1.07 bits per heavy atom. The average molecular weight is 390 g/mol. The number of aryl methyl sites for hydroxylation is 2. The van der Waals surface area contributed by atoms with Gasteiger partial charge in [-0.25, -0.2) is 15.0 Å². The topological polar surface area (TPSA) is 75.9 Å². The number of aromatic nitrogens is 4. The molecule has 0 aliphatic carbocycles. The Morgan fingerprint density at radius 3 is 2.55 bits per heavy atom. The molecule has 0 atom stereocenters. The van der Waals surface area contributed by atoms with Crippen LogP contribution in [0.15, 0.2) is 43.0 Å². The van der Waals surface area contributed by atoms with Crippen LogP contribution in [0.5, 0.6) is 0 Å². The smallest absolute Gasteiger partial charge is 0.227 e. The van der Waals surface area contributed by atoms with Gasteiger partial charge in [-0.2, -0.15) is 0 Å². The van der Waals surface area contributed by atoms with Crippen molar-refractivity contribution in [2.75, 3.05) is 23.3 Å². The number of benzene rings is 1. The predicted molar refractivity (Wildman–Crippen MR) is 113 cm³/mol. The highest BCUT2D eigenvalue weighted by Crippen LogP contribution is 2.25. The van der Waals surface area contributed by atoms with Gasteiger partial charge >= 0.3 is 0 Å². The van der Waals surface area contributed by atoms with Gasteiger partial charge in [0.05, 0.1) is 0 Å². The standard InChI is InChI=1S/C22H26N6O/c1-15-5-4-6-19(16(15)2)26-22(29)18-7-10-27(11-8-18)20-13-21(25-14-24-20)28-12-9-23-17(28)3/h4-6,9,12-14,18H,7-8,10-11H2,1-3H3,(H,26,29). The Bertz CT molecular complexity index is 1020. The SMILES string of the molecule is Cc1cccc(NC(=O)C2CCN(c3cc(-n4ccnc4C)ncn3)CC2)c1C. The van der Waals surface area contributed by atoms with Crippen LogP contribution in [0.1, 0.15) is 29.8 Å². The summed E-state index contributed by atoms with van der Waals surface area (Å²) >= 11 is 0. The van der Waals surface area contributed by atoms with E-state index in [1.165, 1.54) is 5.56 Å². The average Bonchev–Trinajstić information content (AvgIpc) is 3.17. The molecule has 2 aromatic heterocycles. The van der Waals surface area contributed by atoms with E-state index in [9.17, 15) is 4.79 Å². The van der Waals surface area contributed by atoms with E-state index in [2.05, 4.69) is 38.2 Å². The Kier molecular flexibility index (Phi) is 5.29. The monoisotopic (exact) mass is 390 g/mol. The molecule has 29 heavy (non-hydrogen) atoms. The Balaban J connectivity index is 1.40. The second-order valence-electron chi connectivity index (χ2n) is 7.58. The van der Waals surface area contributed by atoms with Gasteiger partial charge < -0.3 is 10.2 Å². The number of anilines is 2. The summed E-state index contributed by atoms with van der Waals surface area (Å²) in [6, 6.07) is 7.99. The summed E-state index contributed by atoms with van der Waals surface area (Å²) in [5.41, 5.74) is 3.22. The third-order valence-electron chi connectivity index (χ3n) is 5.76. The maximum absolute atomic E-state index is 12.8. The quantitative estimate of drug-likeness (QED) is 0.738. The predicted octanol–water partition coefficient (Wildman–Crippen LogP) is 3.44. The molecule has 7 heteroatoms. The molecule has 0 unspecified atom stereocenters. The van der Waals surface area contributed by atoms with Crippen molar-refractivity contribution in [3.63, 3.8) is 0 Å². The highest BCUT2D eigenvalue weighted by atomic mass is 16.1. The van der Waals surface area contributed by atoms with E-state index in [1.807, 2.05) is 42.8 Å². The zero-order valence-corrected chi connectivity index (χ0v) is 17.1. The molecule has 0 bridgehead atoms. The molecule has 1 amide bonds. The van der Waals surface area contributed by atoms with Crippen molar-refractivity contribution in [3.05, 3.63) is 59.9 Å². The molecule has 0 saturated carbocycles. The van der Waals surface area contributed by atoms with Gasteiger partial charge in [-0.05, 0) is 50.8 Å². The third-order valence-corrected chi connectivity index (χ3v) is 5.76.